The third-order valence-corrected chi connectivity index (χ3v) is 3.71. The number of carbonyl (C=O) groups excluding carboxylic acids is 1. The van der Waals surface area contributed by atoms with Crippen molar-refractivity contribution in [2.24, 2.45) is 0 Å². The van der Waals surface area contributed by atoms with E-state index in [0.29, 0.717) is 30.2 Å². The highest BCUT2D eigenvalue weighted by molar-refractivity contribution is 5.80. The lowest BCUT2D eigenvalue weighted by molar-refractivity contribution is -0.130. The highest BCUT2D eigenvalue weighted by Gasteiger charge is 2.15. The number of nitrogens with one attached hydrogen (secondary N) is 1. The number of hydrogen-bond donors (Lipinski definition) is 2. The molecule has 2 aromatic carbocycles. The summed E-state index contributed by atoms with van der Waals surface area (Å²) in [5, 5.41) is 12.6. The van der Waals surface area contributed by atoms with Crippen LogP contribution in [0.2, 0.25) is 0 Å². The summed E-state index contributed by atoms with van der Waals surface area (Å²) in [7, 11) is 1.55. The lowest BCUT2D eigenvalue weighted by atomic mass is 10.1. The fourth-order valence-electron chi connectivity index (χ4n) is 2.32. The maximum atomic E-state index is 11.9. The van der Waals surface area contributed by atoms with Gasteiger partial charge in [-0.05, 0) is 36.2 Å². The molecular weight excluding hydrogens is 346 g/mol. The van der Waals surface area contributed by atoms with Crippen LogP contribution in [0.3, 0.4) is 0 Å². The van der Waals surface area contributed by atoms with E-state index in [1.807, 2.05) is 30.3 Å². The molecule has 2 aromatic rings. The monoisotopic (exact) mass is 369 g/mol. The lowest BCUT2D eigenvalue weighted by Crippen LogP contribution is -2.39. The van der Waals surface area contributed by atoms with Crippen molar-refractivity contribution in [3.8, 4) is 29.6 Å². The minimum absolute atomic E-state index is 0.106. The Morgan fingerprint density at radius 3 is 2.67 bits per heavy atom. The van der Waals surface area contributed by atoms with Crippen LogP contribution in [0.25, 0.3) is 0 Å². The van der Waals surface area contributed by atoms with Crippen LogP contribution in [-0.4, -0.2) is 44.0 Å². The molecule has 142 valence electrons. The third kappa shape index (κ3) is 6.57. The number of para-hydroxylation sites is 1. The summed E-state index contributed by atoms with van der Waals surface area (Å²) >= 11 is 0. The molecule has 0 saturated heterocycles. The van der Waals surface area contributed by atoms with Gasteiger partial charge < -0.3 is 24.6 Å². The number of terminal acetylenes is 1. The Hall–Kier alpha value is -3.17. The van der Waals surface area contributed by atoms with E-state index in [2.05, 4.69) is 11.2 Å². The Labute approximate surface area is 159 Å². The van der Waals surface area contributed by atoms with E-state index in [9.17, 15) is 9.90 Å². The Morgan fingerprint density at radius 1 is 1.19 bits per heavy atom. The highest BCUT2D eigenvalue weighted by Crippen LogP contribution is 2.28. The summed E-state index contributed by atoms with van der Waals surface area (Å²) in [6.07, 6.45) is 4.52. The minimum atomic E-state index is -1.24. The van der Waals surface area contributed by atoms with E-state index in [4.69, 9.17) is 20.6 Å². The molecule has 0 radical (unpaired) electrons. The number of aliphatic hydroxyl groups is 1. The highest BCUT2D eigenvalue weighted by atomic mass is 16.5. The van der Waals surface area contributed by atoms with E-state index in [0.717, 1.165) is 5.56 Å². The molecule has 6 nitrogen and oxygen atoms in total. The molecule has 0 saturated carbocycles. The molecule has 0 bridgehead atoms. The maximum Gasteiger partial charge on any atom is 0.252 e. The van der Waals surface area contributed by atoms with E-state index in [1.54, 1.807) is 25.3 Å². The van der Waals surface area contributed by atoms with Gasteiger partial charge in [0.05, 0.1) is 7.11 Å². The first kappa shape index (κ1) is 20.1. The molecule has 0 aromatic heterocycles. The summed E-state index contributed by atoms with van der Waals surface area (Å²) in [6, 6.07) is 14.5. The van der Waals surface area contributed by atoms with Gasteiger partial charge in [0.2, 0.25) is 0 Å². The van der Waals surface area contributed by atoms with E-state index < -0.39 is 12.0 Å². The molecule has 2 N–H and O–H groups in total. The number of aliphatic hydroxyl groups excluding tert-OH is 1. The molecule has 1 amide bonds. The van der Waals surface area contributed by atoms with Gasteiger partial charge in [0.25, 0.3) is 5.91 Å². The molecular formula is C21H23NO5. The van der Waals surface area contributed by atoms with E-state index in [-0.39, 0.29) is 13.2 Å². The third-order valence-electron chi connectivity index (χ3n) is 3.71. The van der Waals surface area contributed by atoms with Crippen molar-refractivity contribution >= 4 is 5.91 Å². The van der Waals surface area contributed by atoms with E-state index >= 15 is 0 Å². The van der Waals surface area contributed by atoms with Gasteiger partial charge in [-0.25, -0.2) is 0 Å². The zero-order valence-corrected chi connectivity index (χ0v) is 15.2. The van der Waals surface area contributed by atoms with Gasteiger partial charge in [-0.3, -0.25) is 4.79 Å². The van der Waals surface area contributed by atoms with Crippen LogP contribution in [0, 0.1) is 12.3 Å². The molecule has 0 heterocycles. The number of amides is 1. The molecule has 27 heavy (non-hydrogen) atoms. The zero-order valence-electron chi connectivity index (χ0n) is 15.2. The maximum absolute atomic E-state index is 11.9. The fraction of sp³-hybridized carbons (Fsp3) is 0.286. The Morgan fingerprint density at radius 2 is 1.96 bits per heavy atom. The summed E-state index contributed by atoms with van der Waals surface area (Å²) in [5.41, 5.74) is 0.954. The van der Waals surface area contributed by atoms with Crippen LogP contribution in [0.5, 0.6) is 17.2 Å². The van der Waals surface area contributed by atoms with Crippen molar-refractivity contribution in [2.45, 2.75) is 12.5 Å². The molecule has 6 heteroatoms. The fourth-order valence-corrected chi connectivity index (χ4v) is 2.32. The molecule has 1 atom stereocenters. The average molecular weight is 369 g/mol. The summed E-state index contributed by atoms with van der Waals surface area (Å²) in [6.45, 7) is 0.425. The normalized spacial score (nSPS) is 11.1. The second kappa shape index (κ2) is 10.7. The number of carbonyl (C=O) groups is 1. The predicted molar refractivity (Wildman–Crippen MR) is 102 cm³/mol. The van der Waals surface area contributed by atoms with Gasteiger partial charge >= 0.3 is 0 Å². The van der Waals surface area contributed by atoms with Gasteiger partial charge in [0, 0.05) is 6.54 Å². The van der Waals surface area contributed by atoms with Crippen LogP contribution in [0.1, 0.15) is 5.56 Å². The molecule has 1 unspecified atom stereocenters. The topological polar surface area (TPSA) is 77.0 Å². The molecule has 2 rings (SSSR count). The van der Waals surface area contributed by atoms with Gasteiger partial charge in [0.15, 0.2) is 17.6 Å². The SMILES string of the molecule is C#CCOc1ccc(CCNC(=O)C(O)COc2ccccc2)cc1OC. The first-order chi connectivity index (χ1) is 13.1. The standard InChI is InChI=1S/C21H23NO5/c1-3-13-26-19-10-9-16(14-20(19)25-2)11-12-22-21(24)18(23)15-27-17-7-5-4-6-8-17/h1,4-10,14,18,23H,11-13,15H2,2H3,(H,22,24). The van der Waals surface area contributed by atoms with Crippen molar-refractivity contribution in [1.82, 2.24) is 5.32 Å². The quantitative estimate of drug-likeness (QED) is 0.625. The van der Waals surface area contributed by atoms with Crippen molar-refractivity contribution in [1.29, 1.82) is 0 Å². The van der Waals surface area contributed by atoms with Gasteiger partial charge in [0.1, 0.15) is 19.0 Å². The summed E-state index contributed by atoms with van der Waals surface area (Å²) < 4.78 is 16.1. The van der Waals surface area contributed by atoms with Crippen LogP contribution >= 0.6 is 0 Å². The number of ether oxygens (including phenoxy) is 3. The summed E-state index contributed by atoms with van der Waals surface area (Å²) in [4.78, 5) is 11.9. The summed E-state index contributed by atoms with van der Waals surface area (Å²) in [5.74, 6) is 3.66. The second-order valence-electron chi connectivity index (χ2n) is 5.66. The number of benzene rings is 2. The Kier molecular flexibility index (Phi) is 8.01. The van der Waals surface area contributed by atoms with Gasteiger partial charge in [-0.1, -0.05) is 30.2 Å². The number of hydrogen-bond acceptors (Lipinski definition) is 5. The van der Waals surface area contributed by atoms with Crippen LogP contribution < -0.4 is 19.5 Å². The predicted octanol–water partition coefficient (Wildman–Crippen LogP) is 1.81. The Balaban J connectivity index is 1.77. The van der Waals surface area contributed by atoms with Crippen LogP contribution in [0.4, 0.5) is 0 Å². The second-order valence-corrected chi connectivity index (χ2v) is 5.66. The molecule has 0 spiro atoms. The molecule has 0 aliphatic rings. The molecule has 0 fully saturated rings. The number of methoxy groups -OCH3 is 1. The zero-order chi connectivity index (χ0) is 19.5. The molecule has 0 aliphatic heterocycles. The smallest absolute Gasteiger partial charge is 0.252 e. The van der Waals surface area contributed by atoms with Crippen LogP contribution in [-0.2, 0) is 11.2 Å². The van der Waals surface area contributed by atoms with Gasteiger partial charge in [-0.2, -0.15) is 0 Å². The average Bonchev–Trinajstić information content (AvgIpc) is 2.71. The van der Waals surface area contributed by atoms with Crippen molar-refractivity contribution in [3.05, 3.63) is 54.1 Å². The largest absolute Gasteiger partial charge is 0.493 e. The van der Waals surface area contributed by atoms with Crippen molar-refractivity contribution in [3.63, 3.8) is 0 Å². The van der Waals surface area contributed by atoms with Crippen molar-refractivity contribution < 1.29 is 24.1 Å². The lowest BCUT2D eigenvalue weighted by Gasteiger charge is -2.13. The first-order valence-electron chi connectivity index (χ1n) is 8.51. The molecule has 0 aliphatic carbocycles. The van der Waals surface area contributed by atoms with Crippen LogP contribution in [0.15, 0.2) is 48.5 Å². The van der Waals surface area contributed by atoms with E-state index in [1.165, 1.54) is 0 Å². The van der Waals surface area contributed by atoms with Gasteiger partial charge in [-0.15, -0.1) is 6.42 Å². The Bertz CT molecular complexity index is 770. The minimum Gasteiger partial charge on any atom is -0.493 e. The first-order valence-corrected chi connectivity index (χ1v) is 8.51. The number of rotatable bonds is 10. The van der Waals surface area contributed by atoms with Crippen molar-refractivity contribution in [2.75, 3.05) is 26.9 Å².